The number of hydrogen-bond donors (Lipinski definition) is 1. The molecule has 0 aliphatic carbocycles. The van der Waals surface area contributed by atoms with Gasteiger partial charge < -0.3 is 10.1 Å². The predicted octanol–water partition coefficient (Wildman–Crippen LogP) is 1.57. The van der Waals surface area contributed by atoms with Crippen molar-refractivity contribution < 1.29 is 9.53 Å². The topological polar surface area (TPSA) is 38.3 Å². The maximum absolute atomic E-state index is 10.7. The summed E-state index contributed by atoms with van der Waals surface area (Å²) in [4.78, 5) is 10.7. The molecule has 0 fully saturated rings. The molecular weight excluding hydrogens is 186 g/mol. The second-order valence-corrected chi connectivity index (χ2v) is 3.50. The number of nitrogens with one attached hydrogen (secondary N) is 1. The monoisotopic (exact) mass is 199 g/mol. The van der Waals surface area contributed by atoms with Gasteiger partial charge in [0.2, 0.25) is 5.91 Å². The molecule has 1 heterocycles. The standard InChI is InChI=1S/C9H13NO2S/c1-7(11)10-5-9(12-2)8-3-4-13-6-8/h3-4,6,9H,5H2,1-2H3,(H,10,11)/t9-/m0/s1. The van der Waals surface area contributed by atoms with Crippen LogP contribution in [0.1, 0.15) is 18.6 Å². The molecule has 1 aromatic rings. The zero-order valence-electron chi connectivity index (χ0n) is 7.74. The number of carbonyl (C=O) groups excluding carboxylic acids is 1. The first kappa shape index (κ1) is 10.2. The van der Waals surface area contributed by atoms with Gasteiger partial charge in [0, 0.05) is 20.6 Å². The van der Waals surface area contributed by atoms with Crippen molar-refractivity contribution in [1.82, 2.24) is 5.32 Å². The Morgan fingerprint density at radius 1 is 1.77 bits per heavy atom. The first-order valence-electron chi connectivity index (χ1n) is 4.03. The summed E-state index contributed by atoms with van der Waals surface area (Å²) in [5.41, 5.74) is 1.11. The summed E-state index contributed by atoms with van der Waals surface area (Å²) in [6, 6.07) is 2.00. The van der Waals surface area contributed by atoms with Crippen LogP contribution in [0.3, 0.4) is 0 Å². The Morgan fingerprint density at radius 2 is 2.54 bits per heavy atom. The van der Waals surface area contributed by atoms with Gasteiger partial charge in [0.1, 0.15) is 6.10 Å². The lowest BCUT2D eigenvalue weighted by molar-refractivity contribution is -0.119. The van der Waals surface area contributed by atoms with Gasteiger partial charge in [-0.3, -0.25) is 4.79 Å². The van der Waals surface area contributed by atoms with Crippen LogP contribution in [0.4, 0.5) is 0 Å². The number of amides is 1. The Balaban J connectivity index is 2.49. The molecule has 1 atom stereocenters. The van der Waals surface area contributed by atoms with Crippen molar-refractivity contribution in [1.29, 1.82) is 0 Å². The average Bonchev–Trinajstić information content (AvgIpc) is 2.58. The van der Waals surface area contributed by atoms with Crippen molar-refractivity contribution in [3.8, 4) is 0 Å². The summed E-state index contributed by atoms with van der Waals surface area (Å²) < 4.78 is 5.24. The SMILES string of the molecule is CO[C@@H](CNC(C)=O)c1ccsc1. The first-order valence-corrected chi connectivity index (χ1v) is 4.97. The number of carbonyl (C=O) groups is 1. The highest BCUT2D eigenvalue weighted by atomic mass is 32.1. The molecule has 0 bridgehead atoms. The molecule has 0 aliphatic heterocycles. The lowest BCUT2D eigenvalue weighted by atomic mass is 10.2. The third-order valence-corrected chi connectivity index (χ3v) is 2.44. The Kier molecular flexibility index (Phi) is 3.92. The Labute approximate surface area is 81.7 Å². The van der Waals surface area contributed by atoms with E-state index in [1.54, 1.807) is 18.4 Å². The molecule has 4 heteroatoms. The van der Waals surface area contributed by atoms with E-state index >= 15 is 0 Å². The van der Waals surface area contributed by atoms with Gasteiger partial charge in [0.25, 0.3) is 0 Å². The molecule has 0 unspecified atom stereocenters. The molecule has 1 aromatic heterocycles. The minimum atomic E-state index is -0.0323. The third-order valence-electron chi connectivity index (χ3n) is 1.74. The molecule has 3 nitrogen and oxygen atoms in total. The van der Waals surface area contributed by atoms with Gasteiger partial charge in [-0.25, -0.2) is 0 Å². The first-order chi connectivity index (χ1) is 6.24. The van der Waals surface area contributed by atoms with Crippen molar-refractivity contribution in [3.05, 3.63) is 22.4 Å². The second kappa shape index (κ2) is 4.99. The lowest BCUT2D eigenvalue weighted by Crippen LogP contribution is -2.26. The molecule has 72 valence electrons. The smallest absolute Gasteiger partial charge is 0.216 e. The molecule has 1 amide bonds. The molecular formula is C9H13NO2S. The summed E-state index contributed by atoms with van der Waals surface area (Å²) in [6.45, 7) is 2.03. The Bertz CT molecular complexity index is 259. The quantitative estimate of drug-likeness (QED) is 0.799. The molecule has 0 saturated heterocycles. The fourth-order valence-corrected chi connectivity index (χ4v) is 1.73. The molecule has 1 rings (SSSR count). The molecule has 13 heavy (non-hydrogen) atoms. The van der Waals surface area contributed by atoms with E-state index in [1.807, 2.05) is 16.8 Å². The van der Waals surface area contributed by atoms with E-state index in [0.717, 1.165) is 5.56 Å². The van der Waals surface area contributed by atoms with Gasteiger partial charge in [0.15, 0.2) is 0 Å². The van der Waals surface area contributed by atoms with Gasteiger partial charge in [0.05, 0.1) is 0 Å². The molecule has 0 radical (unpaired) electrons. The van der Waals surface area contributed by atoms with Crippen molar-refractivity contribution in [2.45, 2.75) is 13.0 Å². The normalized spacial score (nSPS) is 12.5. The van der Waals surface area contributed by atoms with Crippen LogP contribution in [0.15, 0.2) is 16.8 Å². The highest BCUT2D eigenvalue weighted by Crippen LogP contribution is 2.18. The number of methoxy groups -OCH3 is 1. The Morgan fingerprint density at radius 3 is 3.00 bits per heavy atom. The highest BCUT2D eigenvalue weighted by molar-refractivity contribution is 7.07. The summed E-state index contributed by atoms with van der Waals surface area (Å²) in [7, 11) is 1.64. The third kappa shape index (κ3) is 3.16. The average molecular weight is 199 g/mol. The van der Waals surface area contributed by atoms with Gasteiger partial charge in [-0.2, -0.15) is 11.3 Å². The van der Waals surface area contributed by atoms with Crippen LogP contribution in [-0.2, 0) is 9.53 Å². The second-order valence-electron chi connectivity index (χ2n) is 2.72. The van der Waals surface area contributed by atoms with E-state index in [-0.39, 0.29) is 12.0 Å². The maximum Gasteiger partial charge on any atom is 0.216 e. The van der Waals surface area contributed by atoms with Crippen molar-refractivity contribution in [3.63, 3.8) is 0 Å². The van der Waals surface area contributed by atoms with Crippen LogP contribution < -0.4 is 5.32 Å². The number of ether oxygens (including phenoxy) is 1. The summed E-state index contributed by atoms with van der Waals surface area (Å²) in [6.07, 6.45) is -0.0323. The fourth-order valence-electron chi connectivity index (χ4n) is 1.03. The number of thiophene rings is 1. The van der Waals surface area contributed by atoms with Crippen molar-refractivity contribution in [2.75, 3.05) is 13.7 Å². The molecule has 0 aromatic carbocycles. The highest BCUT2D eigenvalue weighted by Gasteiger charge is 2.10. The van der Waals surface area contributed by atoms with E-state index < -0.39 is 0 Å². The lowest BCUT2D eigenvalue weighted by Gasteiger charge is -2.13. The molecule has 0 spiro atoms. The summed E-state index contributed by atoms with van der Waals surface area (Å²) in [5, 5.41) is 6.74. The number of hydrogen-bond acceptors (Lipinski definition) is 3. The molecule has 1 N–H and O–H groups in total. The van der Waals surface area contributed by atoms with Crippen LogP contribution in [-0.4, -0.2) is 19.6 Å². The van der Waals surface area contributed by atoms with Crippen molar-refractivity contribution in [2.24, 2.45) is 0 Å². The van der Waals surface area contributed by atoms with Crippen LogP contribution in [0.2, 0.25) is 0 Å². The molecule has 0 saturated carbocycles. The minimum absolute atomic E-state index is 0.0303. The minimum Gasteiger partial charge on any atom is -0.375 e. The summed E-state index contributed by atoms with van der Waals surface area (Å²) >= 11 is 1.62. The van der Waals surface area contributed by atoms with E-state index in [1.165, 1.54) is 6.92 Å². The van der Waals surface area contributed by atoms with Crippen molar-refractivity contribution >= 4 is 17.2 Å². The molecule has 0 aliphatic rings. The van der Waals surface area contributed by atoms with E-state index in [4.69, 9.17) is 4.74 Å². The van der Waals surface area contributed by atoms with Crippen LogP contribution in [0, 0.1) is 0 Å². The predicted molar refractivity (Wildman–Crippen MR) is 52.8 cm³/mol. The van der Waals surface area contributed by atoms with E-state index in [2.05, 4.69) is 5.32 Å². The van der Waals surface area contributed by atoms with Gasteiger partial charge in [-0.1, -0.05) is 0 Å². The zero-order chi connectivity index (χ0) is 9.68. The van der Waals surface area contributed by atoms with E-state index in [0.29, 0.717) is 6.54 Å². The van der Waals surface area contributed by atoms with Crippen LogP contribution in [0.25, 0.3) is 0 Å². The zero-order valence-corrected chi connectivity index (χ0v) is 8.56. The Hall–Kier alpha value is -0.870. The number of rotatable bonds is 4. The van der Waals surface area contributed by atoms with Gasteiger partial charge in [-0.15, -0.1) is 0 Å². The van der Waals surface area contributed by atoms with Gasteiger partial charge >= 0.3 is 0 Å². The fraction of sp³-hybridized carbons (Fsp3) is 0.444. The van der Waals surface area contributed by atoms with Crippen LogP contribution in [0.5, 0.6) is 0 Å². The van der Waals surface area contributed by atoms with E-state index in [9.17, 15) is 4.79 Å². The summed E-state index contributed by atoms with van der Waals surface area (Å²) in [5.74, 6) is -0.0303. The maximum atomic E-state index is 10.7. The van der Waals surface area contributed by atoms with Gasteiger partial charge in [-0.05, 0) is 22.4 Å². The largest absolute Gasteiger partial charge is 0.375 e. The van der Waals surface area contributed by atoms with Crippen LogP contribution >= 0.6 is 11.3 Å².